The number of fused-ring (bicyclic) bond motifs is 3. The first-order valence-electron chi connectivity index (χ1n) is 41.7. The average Bonchev–Trinajstić information content (AvgIpc) is 1.62. The molecule has 2 unspecified atom stereocenters. The number of nitrogens with one attached hydrogen (secondary N) is 3. The Labute approximate surface area is 808 Å². The van der Waals surface area contributed by atoms with Crippen molar-refractivity contribution in [2.75, 3.05) is 130 Å². The largest absolute Gasteiger partial charge is 1.00 e. The van der Waals surface area contributed by atoms with Gasteiger partial charge >= 0.3 is 65.6 Å². The first-order chi connectivity index (χ1) is 62.8. The minimum Gasteiger partial charge on any atom is -1.00 e. The molecule has 6 N–H and O–H groups in total. The number of carbonyl (C=O) groups excluding carboxylic acids is 6. The van der Waals surface area contributed by atoms with Crippen LogP contribution >= 0.6 is 15.9 Å². The van der Waals surface area contributed by atoms with Gasteiger partial charge in [-0.3, -0.25) is 28.8 Å². The van der Waals surface area contributed by atoms with Crippen molar-refractivity contribution in [3.63, 3.8) is 0 Å². The van der Waals surface area contributed by atoms with Crippen LogP contribution in [0.5, 0.6) is 17.6 Å². The average molecular weight is 1950 g/mol. The van der Waals surface area contributed by atoms with Gasteiger partial charge in [-0.1, -0.05) is 0 Å². The Balaban J connectivity index is 0.000000534. The first kappa shape index (κ1) is 117. The number of carbonyl (C=O) groups is 6. The molecule has 2 amide bonds. The molecule has 0 saturated carbocycles. The fourth-order valence-electron chi connectivity index (χ4n) is 14.1. The van der Waals surface area contributed by atoms with Crippen molar-refractivity contribution >= 4 is 115 Å². The molecule has 723 valence electrons. The molecule has 4 aliphatic heterocycles. The number of aliphatic hydroxyl groups is 3. The summed E-state index contributed by atoms with van der Waals surface area (Å²) in [6.45, 7) is 19.6. The Kier molecular flexibility index (Phi) is 51.0. The van der Waals surface area contributed by atoms with E-state index in [2.05, 4.69) is 75.4 Å². The Hall–Kier alpha value is -11.0. The van der Waals surface area contributed by atoms with Crippen LogP contribution in [0, 0.1) is 40.4 Å². The van der Waals surface area contributed by atoms with E-state index in [1.54, 1.807) is 116 Å². The number of nitrogens with zero attached hydrogens (tertiary/aromatic N) is 7. The second-order valence-electron chi connectivity index (χ2n) is 31.5. The second kappa shape index (κ2) is 58.3. The molecular formula is C94H119BBrF5N10NaO22. The molecule has 0 aliphatic carbocycles. The van der Waals surface area contributed by atoms with E-state index in [9.17, 15) is 70.5 Å². The molecule has 2 fully saturated rings. The number of likely N-dealkylation sites (tertiary alicyclic amines) is 1. The third-order valence-corrected chi connectivity index (χ3v) is 20.6. The number of rotatable bonds is 17. The van der Waals surface area contributed by atoms with E-state index in [1.807, 2.05) is 47.6 Å². The van der Waals surface area contributed by atoms with Crippen LogP contribution in [0.2, 0.25) is 0 Å². The van der Waals surface area contributed by atoms with Crippen LogP contribution in [0.15, 0.2) is 135 Å². The van der Waals surface area contributed by atoms with Crippen LogP contribution in [0.4, 0.5) is 31.5 Å². The minimum absolute atomic E-state index is 0. The molecule has 3 radical (unpaired) electrons. The number of methoxy groups -OCH3 is 9. The number of pyridine rings is 5. The van der Waals surface area contributed by atoms with Crippen LogP contribution in [-0.4, -0.2) is 242 Å². The molecule has 0 spiro atoms. The summed E-state index contributed by atoms with van der Waals surface area (Å²) in [5, 5.41) is 46.3. The smallest absolute Gasteiger partial charge is 1.00 e. The number of benzene rings is 5. The van der Waals surface area contributed by atoms with Crippen LogP contribution in [-0.2, 0) is 70.2 Å². The zero-order valence-corrected chi connectivity index (χ0v) is 82.5. The molecule has 2 atom stereocenters. The Morgan fingerprint density at radius 2 is 0.873 bits per heavy atom. The maximum Gasteiger partial charge on any atom is 1.00 e. The number of aliphatic hydroxyl groups excluding tert-OH is 3. The molecule has 32 nitrogen and oxygen atoms in total. The monoisotopic (exact) mass is 1950 g/mol. The fourth-order valence-corrected chi connectivity index (χ4v) is 14.5. The fraction of sp³-hybridized carbons (Fsp3) is 0.447. The molecule has 10 aromatic rings. The summed E-state index contributed by atoms with van der Waals surface area (Å²) in [5.74, 6) is -6.36. The van der Waals surface area contributed by atoms with Crippen LogP contribution < -0.4 is 70.8 Å². The van der Waals surface area contributed by atoms with Crippen LogP contribution in [0.3, 0.4) is 0 Å². The number of esters is 4. The summed E-state index contributed by atoms with van der Waals surface area (Å²) in [6, 6.07) is 34.0. The van der Waals surface area contributed by atoms with Gasteiger partial charge in [-0.05, 0) is 205 Å². The van der Waals surface area contributed by atoms with Gasteiger partial charge in [0.1, 0.15) is 46.7 Å². The molecule has 134 heavy (non-hydrogen) atoms. The molecule has 5 aromatic carbocycles. The summed E-state index contributed by atoms with van der Waals surface area (Å²) in [7, 11) is 13.9. The zero-order valence-electron chi connectivity index (χ0n) is 79.9. The number of nitriles is 1. The molecule has 4 aliphatic rings. The topological polar surface area (TPSA) is 410 Å². The van der Waals surface area contributed by atoms with Crippen LogP contribution in [0.25, 0.3) is 54.5 Å². The maximum atomic E-state index is 14.6. The van der Waals surface area contributed by atoms with Crippen molar-refractivity contribution in [2.24, 2.45) is 0 Å². The van der Waals surface area contributed by atoms with Crippen molar-refractivity contribution in [3.05, 3.63) is 198 Å². The molecular weight excluding hydrogens is 1830 g/mol. The van der Waals surface area contributed by atoms with E-state index < -0.39 is 58.5 Å². The normalized spacial score (nSPS) is 13.9. The predicted octanol–water partition coefficient (Wildman–Crippen LogP) is 10.0. The van der Waals surface area contributed by atoms with E-state index in [1.165, 1.54) is 78.9 Å². The third-order valence-electron chi connectivity index (χ3n) is 19.9. The van der Waals surface area contributed by atoms with E-state index in [0.29, 0.717) is 70.0 Å². The standard InChI is InChI=1S/C22H28FN3O3.C15H14FNO5.C13H14FNO3.C13H12FNO2.C10H7BrFNO.C10H20N2O2.C5H8O4.C2H3N.2C2H6O.B.Na.H/c1-22(2,3)29-21(28)24-16-8-10-25(11-9-16)12-15-13-26-18(27)7-5-14-4-6-17(23)19(15)20(14)26;1-20-10-7-5-8-4-6-9(16)11(13(8)17-10)12(14(18)21-2)15(19)22-3;1-18-11-5-3-8-2-4-10(14)12(13(8)15-11)9(6-16)7-17;1-17-7-9-6-15-11(16)5-3-8-2-4-10(14)12(9)13(8)15;1-14-8-5-3-6-2-4-7(12)9(11)10(6)13-8;1-10(2,3)14-9(13)12-8-4-6-11-7-5-8;1-8-4(6)3-5(7)9-2;1-2-3;1-3-2;1-2-3;;;/h4-7,15-16H,8-13H2,1-3H3,(H,24,28);4-7,12H,1-3H3;2-5,9,16-17H,6-7H2,1H3;2-5,9H,6-7H2,1H3;2-5H,1H3;8,11H,4-7H2,1-3H3,(H,12,13);3H2,1-2H3;1H3;1-2H3;3H,2H2,1H3;;;/q;;;;;;;;;;;+1;-1. The number of alkyl carbamates (subject to hydrolysis) is 2. The quantitative estimate of drug-likeness (QED) is 0.0162. The van der Waals surface area contributed by atoms with Crippen molar-refractivity contribution in [2.45, 2.75) is 148 Å². The number of aromatic nitrogens is 5. The number of hydrogen-bond acceptors (Lipinski definition) is 28. The van der Waals surface area contributed by atoms with Gasteiger partial charge in [0.05, 0.1) is 108 Å². The van der Waals surface area contributed by atoms with Gasteiger partial charge in [-0.15, -0.1) is 0 Å². The summed E-state index contributed by atoms with van der Waals surface area (Å²) in [4.78, 5) is 106. The van der Waals surface area contributed by atoms with Crippen molar-refractivity contribution in [1.82, 2.24) is 44.9 Å². The van der Waals surface area contributed by atoms with Crippen LogP contribution in [0.1, 0.15) is 135 Å². The van der Waals surface area contributed by atoms with Gasteiger partial charge < -0.3 is 98.8 Å². The van der Waals surface area contributed by atoms with E-state index in [-0.39, 0.29) is 153 Å². The van der Waals surface area contributed by atoms with Crippen molar-refractivity contribution in [3.8, 4) is 23.7 Å². The van der Waals surface area contributed by atoms with Gasteiger partial charge in [0.15, 0.2) is 5.92 Å². The van der Waals surface area contributed by atoms with Gasteiger partial charge in [-0.25, -0.2) is 46.5 Å². The van der Waals surface area contributed by atoms with Gasteiger partial charge in [0.2, 0.25) is 17.6 Å². The molecule has 5 aromatic heterocycles. The van der Waals surface area contributed by atoms with Gasteiger partial charge in [-0.2, -0.15) is 5.26 Å². The van der Waals surface area contributed by atoms with Gasteiger partial charge in [0.25, 0.3) is 11.1 Å². The maximum absolute atomic E-state index is 14.6. The Morgan fingerprint density at radius 3 is 1.26 bits per heavy atom. The van der Waals surface area contributed by atoms with Gasteiger partial charge in [0, 0.05) is 175 Å². The number of hydrogen-bond donors (Lipinski definition) is 6. The SMILES string of the molecule is CC#N.CC(C)(C)OC(=O)NC1CCN(CC2Cn3c(=O)ccc4ccc(F)c2c43)CC1.CC(C)(C)OC(=O)NC1CCNCC1.CCO.COC.COC(=O)C(C(=O)OC)c1c(F)ccc2ccc(OC)nc12.COC(=O)CC(=O)OC.COCC1Cn2c(=O)ccc3ccc(F)c1c32.COc1ccc2ccc(F)c(Br)c2n1.COc1ccc2ccc(F)c(C(CO)CO)c2n1.[B].[H-].[Na+]. The summed E-state index contributed by atoms with van der Waals surface area (Å²) in [6.07, 6.45) is 2.63. The molecule has 40 heteroatoms. The Morgan fingerprint density at radius 1 is 0.530 bits per heavy atom. The van der Waals surface area contributed by atoms with E-state index >= 15 is 0 Å². The zero-order chi connectivity index (χ0) is 98.3. The molecule has 0 bridgehead atoms. The number of piperidine rings is 2. The number of ether oxygens (including phenoxy) is 11. The van der Waals surface area contributed by atoms with E-state index in [0.717, 1.165) is 105 Å². The first-order valence-corrected chi connectivity index (χ1v) is 42.5. The summed E-state index contributed by atoms with van der Waals surface area (Å²) >= 11 is 3.15. The number of amides is 2. The third kappa shape index (κ3) is 34.7. The van der Waals surface area contributed by atoms with E-state index in [4.69, 9.17) is 38.8 Å². The summed E-state index contributed by atoms with van der Waals surface area (Å²) < 4.78 is 126. The van der Waals surface area contributed by atoms with Crippen molar-refractivity contribution in [1.29, 1.82) is 5.26 Å². The second-order valence-corrected chi connectivity index (χ2v) is 32.3. The molecule has 2 saturated heterocycles. The molecule has 9 heterocycles. The minimum atomic E-state index is -1.56. The molecule has 14 rings (SSSR count). The predicted molar refractivity (Wildman–Crippen MR) is 496 cm³/mol. The van der Waals surface area contributed by atoms with Crippen molar-refractivity contribution < 1.29 is 149 Å². The number of halogens is 6. The summed E-state index contributed by atoms with van der Waals surface area (Å²) in [5.41, 5.74) is 2.80. The Bertz CT molecular complexity index is 5650.